The van der Waals surface area contributed by atoms with Gasteiger partial charge in [0, 0.05) is 31.0 Å². The lowest BCUT2D eigenvalue weighted by Crippen LogP contribution is -2.36. The van der Waals surface area contributed by atoms with E-state index in [0.717, 1.165) is 49.0 Å². The Kier molecular flexibility index (Phi) is 4.45. The Bertz CT molecular complexity index is 576. The topological polar surface area (TPSA) is 55.0 Å². The van der Waals surface area contributed by atoms with Crippen molar-refractivity contribution in [3.8, 4) is 0 Å². The second-order valence-corrected chi connectivity index (χ2v) is 6.19. The molecule has 2 aromatic rings. The number of nitrogens with two attached hydrogens (primary N) is 1. The van der Waals surface area contributed by atoms with Crippen molar-refractivity contribution in [2.45, 2.75) is 19.3 Å². The fourth-order valence-electron chi connectivity index (χ4n) is 2.59. The van der Waals surface area contributed by atoms with Crippen LogP contribution < -0.4 is 10.6 Å². The van der Waals surface area contributed by atoms with Crippen LogP contribution in [-0.4, -0.2) is 29.0 Å². The molecule has 21 heavy (non-hydrogen) atoms. The lowest BCUT2D eigenvalue weighted by molar-refractivity contribution is 0.414. The fourth-order valence-corrected chi connectivity index (χ4v) is 3.33. The van der Waals surface area contributed by atoms with Crippen LogP contribution in [0.3, 0.4) is 0 Å². The monoisotopic (exact) mass is 306 g/mol. The predicted octanol–water partition coefficient (Wildman–Crippen LogP) is 2.44. The van der Waals surface area contributed by atoms with Crippen molar-refractivity contribution >= 4 is 16.7 Å². The minimum absolute atomic E-state index is 0.214. The Hall–Kier alpha value is -1.53. The highest BCUT2D eigenvalue weighted by Gasteiger charge is 2.20. The highest BCUT2D eigenvalue weighted by molar-refractivity contribution is 7.09. The molecule has 0 radical (unpaired) electrons. The normalized spacial score (nSPS) is 16.4. The molecule has 1 aromatic carbocycles. The van der Waals surface area contributed by atoms with E-state index in [9.17, 15) is 4.39 Å². The van der Waals surface area contributed by atoms with Gasteiger partial charge in [-0.15, -0.1) is 0 Å². The first-order valence-corrected chi connectivity index (χ1v) is 8.04. The van der Waals surface area contributed by atoms with E-state index in [1.807, 2.05) is 0 Å². The van der Waals surface area contributed by atoms with Gasteiger partial charge in [0.05, 0.1) is 0 Å². The van der Waals surface area contributed by atoms with Gasteiger partial charge in [-0.05, 0) is 43.0 Å². The first-order valence-electron chi connectivity index (χ1n) is 7.26. The number of rotatable bonds is 4. The van der Waals surface area contributed by atoms with Crippen molar-refractivity contribution in [3.63, 3.8) is 0 Å². The standard InChI is InChI=1S/C15H19FN4S/c16-13-3-1-11(2-4-13)9-14-18-15(21-19-14)20-7-5-12(10-17)6-8-20/h1-4,12H,5-10,17H2. The molecule has 0 spiro atoms. The first-order chi connectivity index (χ1) is 10.2. The van der Waals surface area contributed by atoms with E-state index in [0.29, 0.717) is 12.3 Å². The molecule has 3 rings (SSSR count). The van der Waals surface area contributed by atoms with Crippen molar-refractivity contribution in [1.29, 1.82) is 0 Å². The summed E-state index contributed by atoms with van der Waals surface area (Å²) in [6, 6.07) is 6.51. The number of nitrogens with zero attached hydrogens (tertiary/aromatic N) is 3. The lowest BCUT2D eigenvalue weighted by atomic mass is 9.98. The first kappa shape index (κ1) is 14.4. The number of piperidine rings is 1. The summed E-state index contributed by atoms with van der Waals surface area (Å²) in [6.45, 7) is 2.79. The van der Waals surface area contributed by atoms with Gasteiger partial charge in [-0.1, -0.05) is 12.1 Å². The third-order valence-electron chi connectivity index (χ3n) is 3.95. The van der Waals surface area contributed by atoms with Gasteiger partial charge in [0.25, 0.3) is 0 Å². The third-order valence-corrected chi connectivity index (χ3v) is 4.77. The van der Waals surface area contributed by atoms with Gasteiger partial charge in [-0.2, -0.15) is 4.37 Å². The molecule has 2 N–H and O–H groups in total. The summed E-state index contributed by atoms with van der Waals surface area (Å²) in [4.78, 5) is 6.90. The van der Waals surface area contributed by atoms with Crippen LogP contribution in [0.1, 0.15) is 24.2 Å². The summed E-state index contributed by atoms with van der Waals surface area (Å²) in [5.41, 5.74) is 6.75. The maximum Gasteiger partial charge on any atom is 0.205 e. The smallest absolute Gasteiger partial charge is 0.205 e. The van der Waals surface area contributed by atoms with Gasteiger partial charge < -0.3 is 10.6 Å². The summed E-state index contributed by atoms with van der Waals surface area (Å²) < 4.78 is 17.3. The number of hydrogen-bond acceptors (Lipinski definition) is 5. The Labute approximate surface area is 128 Å². The number of aromatic nitrogens is 2. The predicted molar refractivity (Wildman–Crippen MR) is 83.1 cm³/mol. The maximum absolute atomic E-state index is 12.9. The Balaban J connectivity index is 1.62. The second-order valence-electron chi connectivity index (χ2n) is 5.46. The Morgan fingerprint density at radius 3 is 2.62 bits per heavy atom. The van der Waals surface area contributed by atoms with E-state index < -0.39 is 0 Å². The van der Waals surface area contributed by atoms with Gasteiger partial charge in [-0.3, -0.25) is 0 Å². The van der Waals surface area contributed by atoms with Crippen molar-refractivity contribution in [1.82, 2.24) is 9.36 Å². The van der Waals surface area contributed by atoms with Crippen LogP contribution in [0.2, 0.25) is 0 Å². The molecule has 1 fully saturated rings. The maximum atomic E-state index is 12.9. The van der Waals surface area contributed by atoms with Gasteiger partial charge in [0.15, 0.2) is 0 Å². The molecule has 4 nitrogen and oxygen atoms in total. The van der Waals surface area contributed by atoms with Gasteiger partial charge in [0.2, 0.25) is 5.13 Å². The van der Waals surface area contributed by atoms with Crippen LogP contribution in [0.4, 0.5) is 9.52 Å². The van der Waals surface area contributed by atoms with Crippen LogP contribution in [0.25, 0.3) is 0 Å². The largest absolute Gasteiger partial charge is 0.347 e. The molecule has 2 heterocycles. The highest BCUT2D eigenvalue weighted by atomic mass is 32.1. The average Bonchev–Trinajstić information content (AvgIpc) is 2.98. The van der Waals surface area contributed by atoms with E-state index in [2.05, 4.69) is 14.3 Å². The Morgan fingerprint density at radius 1 is 1.24 bits per heavy atom. The zero-order chi connectivity index (χ0) is 14.7. The van der Waals surface area contributed by atoms with Crippen molar-refractivity contribution in [3.05, 3.63) is 41.5 Å². The van der Waals surface area contributed by atoms with Crippen LogP contribution in [-0.2, 0) is 6.42 Å². The van der Waals surface area contributed by atoms with Crippen molar-refractivity contribution in [2.24, 2.45) is 11.7 Å². The SMILES string of the molecule is NCC1CCN(c2nc(Cc3ccc(F)cc3)ns2)CC1. The van der Waals surface area contributed by atoms with E-state index in [4.69, 9.17) is 5.73 Å². The third kappa shape index (κ3) is 3.57. The number of halogens is 1. The lowest BCUT2D eigenvalue weighted by Gasteiger charge is -2.30. The molecule has 0 bridgehead atoms. The molecule has 1 aliphatic heterocycles. The van der Waals surface area contributed by atoms with E-state index in [1.165, 1.54) is 23.7 Å². The molecular weight excluding hydrogens is 287 g/mol. The number of hydrogen-bond donors (Lipinski definition) is 1. The van der Waals surface area contributed by atoms with E-state index in [-0.39, 0.29) is 5.82 Å². The highest BCUT2D eigenvalue weighted by Crippen LogP contribution is 2.24. The zero-order valence-electron chi connectivity index (χ0n) is 11.8. The molecule has 112 valence electrons. The molecule has 0 atom stereocenters. The molecular formula is C15H19FN4S. The van der Waals surface area contributed by atoms with E-state index >= 15 is 0 Å². The quantitative estimate of drug-likeness (QED) is 0.942. The van der Waals surface area contributed by atoms with Crippen LogP contribution in [0.15, 0.2) is 24.3 Å². The van der Waals surface area contributed by atoms with Gasteiger partial charge in [0.1, 0.15) is 11.6 Å². The van der Waals surface area contributed by atoms with Crippen molar-refractivity contribution < 1.29 is 4.39 Å². The second kappa shape index (κ2) is 6.49. The summed E-state index contributed by atoms with van der Waals surface area (Å²) in [6.07, 6.45) is 2.91. The van der Waals surface area contributed by atoms with Crippen LogP contribution in [0.5, 0.6) is 0 Å². The molecule has 0 unspecified atom stereocenters. The van der Waals surface area contributed by atoms with Crippen molar-refractivity contribution in [2.75, 3.05) is 24.5 Å². The summed E-state index contributed by atoms with van der Waals surface area (Å²) in [5, 5.41) is 0.989. The minimum atomic E-state index is -0.214. The molecule has 0 saturated carbocycles. The van der Waals surface area contributed by atoms with Gasteiger partial charge in [-0.25, -0.2) is 9.37 Å². The number of benzene rings is 1. The molecule has 6 heteroatoms. The summed E-state index contributed by atoms with van der Waals surface area (Å²) in [5.74, 6) is 1.24. The zero-order valence-corrected chi connectivity index (χ0v) is 12.7. The van der Waals surface area contributed by atoms with Crippen LogP contribution in [0, 0.1) is 11.7 Å². The summed E-state index contributed by atoms with van der Waals surface area (Å²) in [7, 11) is 0. The van der Waals surface area contributed by atoms with Gasteiger partial charge >= 0.3 is 0 Å². The molecule has 0 amide bonds. The Morgan fingerprint density at radius 2 is 1.95 bits per heavy atom. The van der Waals surface area contributed by atoms with Crippen LogP contribution >= 0.6 is 11.5 Å². The molecule has 1 saturated heterocycles. The molecule has 1 aliphatic rings. The minimum Gasteiger partial charge on any atom is -0.347 e. The fraction of sp³-hybridized carbons (Fsp3) is 0.467. The average molecular weight is 306 g/mol. The number of anilines is 1. The summed E-state index contributed by atoms with van der Waals surface area (Å²) >= 11 is 1.45. The molecule has 0 aliphatic carbocycles. The van der Waals surface area contributed by atoms with E-state index in [1.54, 1.807) is 12.1 Å². The molecule has 1 aromatic heterocycles.